The zero-order valence-corrected chi connectivity index (χ0v) is 14.7. The van der Waals surface area contributed by atoms with Crippen LogP contribution >= 0.6 is 0 Å². The first-order valence-corrected chi connectivity index (χ1v) is 8.63. The van der Waals surface area contributed by atoms with E-state index >= 15 is 0 Å². The largest absolute Gasteiger partial charge is 0.490 e. The fraction of sp³-hybridized carbons (Fsp3) is 0.632. The van der Waals surface area contributed by atoms with Crippen molar-refractivity contribution >= 4 is 5.91 Å². The molecule has 1 aromatic carbocycles. The number of benzene rings is 1. The summed E-state index contributed by atoms with van der Waals surface area (Å²) in [6, 6.07) is 9.92. The summed E-state index contributed by atoms with van der Waals surface area (Å²) in [4.78, 5) is 12.8. The molecule has 0 aromatic heterocycles. The summed E-state index contributed by atoms with van der Waals surface area (Å²) < 4.78 is 17.0. The lowest BCUT2D eigenvalue weighted by atomic mass is 9.64. The third kappa shape index (κ3) is 3.15. The highest BCUT2D eigenvalue weighted by molar-refractivity contribution is 5.85. The molecule has 3 rings (SSSR count). The first-order chi connectivity index (χ1) is 11.5. The fourth-order valence-electron chi connectivity index (χ4n) is 3.51. The number of hydrogen-bond acceptors (Lipinski definition) is 4. The van der Waals surface area contributed by atoms with Gasteiger partial charge in [0.1, 0.15) is 11.9 Å². The van der Waals surface area contributed by atoms with Crippen molar-refractivity contribution in [2.45, 2.75) is 50.9 Å². The van der Waals surface area contributed by atoms with E-state index in [4.69, 9.17) is 14.2 Å². The van der Waals surface area contributed by atoms with E-state index in [1.807, 2.05) is 30.3 Å². The van der Waals surface area contributed by atoms with Gasteiger partial charge < -0.3 is 19.5 Å². The Hall–Kier alpha value is -1.59. The predicted octanol–water partition coefficient (Wildman–Crippen LogP) is 2.54. The van der Waals surface area contributed by atoms with Crippen molar-refractivity contribution in [3.8, 4) is 5.75 Å². The number of methoxy groups -OCH3 is 1. The maximum Gasteiger partial charge on any atom is 0.252 e. The van der Waals surface area contributed by atoms with Gasteiger partial charge in [0, 0.05) is 51.0 Å². The molecule has 1 saturated heterocycles. The summed E-state index contributed by atoms with van der Waals surface area (Å²) in [5.41, 5.74) is -0.870. The Kier molecular flexibility index (Phi) is 4.83. The van der Waals surface area contributed by atoms with E-state index < -0.39 is 5.60 Å². The number of carbonyl (C=O) groups excluding carboxylic acids is 1. The number of rotatable bonds is 5. The highest BCUT2D eigenvalue weighted by Crippen LogP contribution is 2.43. The minimum Gasteiger partial charge on any atom is -0.490 e. The van der Waals surface area contributed by atoms with E-state index in [0.717, 1.165) is 12.2 Å². The molecular weight excluding hydrogens is 306 g/mol. The molecule has 1 saturated carbocycles. The first-order valence-electron chi connectivity index (χ1n) is 8.63. The van der Waals surface area contributed by atoms with Crippen molar-refractivity contribution in [1.82, 2.24) is 5.32 Å². The predicted molar refractivity (Wildman–Crippen MR) is 91.0 cm³/mol. The number of carbonyl (C=O) groups is 1. The zero-order valence-electron chi connectivity index (χ0n) is 14.7. The highest BCUT2D eigenvalue weighted by atomic mass is 16.5. The Morgan fingerprint density at radius 2 is 1.88 bits per heavy atom. The van der Waals surface area contributed by atoms with Crippen LogP contribution < -0.4 is 10.1 Å². The summed E-state index contributed by atoms with van der Waals surface area (Å²) in [6.45, 7) is 5.40. The standard InChI is InChI=1S/C19H27NO4/c1-18(2)15(13-16(18)24-14-7-5-4-6-8-14)20-17(21)19(22-3)9-11-23-12-10-19/h4-8,15-16H,9-13H2,1-3H3,(H,20,21)/t15-,16+/m0/s1. The molecule has 24 heavy (non-hydrogen) atoms. The zero-order chi connectivity index (χ0) is 17.2. The van der Waals surface area contributed by atoms with Gasteiger partial charge in [-0.1, -0.05) is 32.0 Å². The maximum atomic E-state index is 12.8. The second-order valence-electron chi connectivity index (χ2n) is 7.31. The van der Waals surface area contributed by atoms with Crippen molar-refractivity contribution in [1.29, 1.82) is 0 Å². The number of amides is 1. The molecule has 1 aromatic rings. The van der Waals surface area contributed by atoms with Gasteiger partial charge >= 0.3 is 0 Å². The van der Waals surface area contributed by atoms with Gasteiger partial charge in [0.25, 0.3) is 5.91 Å². The van der Waals surface area contributed by atoms with Crippen LogP contribution in [0.3, 0.4) is 0 Å². The number of para-hydroxylation sites is 1. The molecule has 2 fully saturated rings. The van der Waals surface area contributed by atoms with Crippen LogP contribution in [0, 0.1) is 5.41 Å². The summed E-state index contributed by atoms with van der Waals surface area (Å²) in [5.74, 6) is 0.850. The third-order valence-corrected chi connectivity index (χ3v) is 5.61. The molecule has 1 aliphatic carbocycles. The Bertz CT molecular complexity index is 566. The lowest BCUT2D eigenvalue weighted by Gasteiger charge is -2.52. The Balaban J connectivity index is 1.59. The quantitative estimate of drug-likeness (QED) is 0.900. The van der Waals surface area contributed by atoms with Crippen molar-refractivity contribution in [3.05, 3.63) is 30.3 Å². The van der Waals surface area contributed by atoms with Crippen LogP contribution in [0.1, 0.15) is 33.1 Å². The van der Waals surface area contributed by atoms with Gasteiger partial charge in [-0.25, -0.2) is 0 Å². The van der Waals surface area contributed by atoms with E-state index in [9.17, 15) is 4.79 Å². The molecule has 0 unspecified atom stereocenters. The highest BCUT2D eigenvalue weighted by Gasteiger charge is 2.52. The molecule has 0 spiro atoms. The molecule has 2 aliphatic rings. The van der Waals surface area contributed by atoms with Crippen LogP contribution in [-0.4, -0.2) is 44.0 Å². The van der Waals surface area contributed by atoms with Crippen molar-refractivity contribution in [2.75, 3.05) is 20.3 Å². The van der Waals surface area contributed by atoms with Crippen LogP contribution in [0.4, 0.5) is 0 Å². The van der Waals surface area contributed by atoms with E-state index in [1.165, 1.54) is 0 Å². The van der Waals surface area contributed by atoms with Crippen molar-refractivity contribution in [2.24, 2.45) is 5.41 Å². The molecule has 1 amide bonds. The molecule has 5 nitrogen and oxygen atoms in total. The summed E-state index contributed by atoms with van der Waals surface area (Å²) in [5, 5.41) is 3.18. The number of nitrogens with one attached hydrogen (secondary N) is 1. The number of hydrogen-bond donors (Lipinski definition) is 1. The average Bonchev–Trinajstić information content (AvgIpc) is 2.62. The third-order valence-electron chi connectivity index (χ3n) is 5.61. The van der Waals surface area contributed by atoms with Crippen LogP contribution in [0.25, 0.3) is 0 Å². The molecule has 2 atom stereocenters. The van der Waals surface area contributed by atoms with Crippen LogP contribution in [0.2, 0.25) is 0 Å². The summed E-state index contributed by atoms with van der Waals surface area (Å²) in [7, 11) is 1.61. The van der Waals surface area contributed by atoms with E-state index in [2.05, 4.69) is 19.2 Å². The lowest BCUT2D eigenvalue weighted by molar-refractivity contribution is -0.160. The monoisotopic (exact) mass is 333 g/mol. The lowest BCUT2D eigenvalue weighted by Crippen LogP contribution is -2.66. The molecule has 132 valence electrons. The Morgan fingerprint density at radius 3 is 2.46 bits per heavy atom. The first kappa shape index (κ1) is 17.2. The molecule has 0 radical (unpaired) electrons. The molecular formula is C19H27NO4. The number of ether oxygens (including phenoxy) is 3. The summed E-state index contributed by atoms with van der Waals surface area (Å²) >= 11 is 0. The second kappa shape index (κ2) is 6.73. The van der Waals surface area contributed by atoms with Gasteiger partial charge in [0.05, 0.1) is 0 Å². The van der Waals surface area contributed by atoms with Crippen LogP contribution in [0.5, 0.6) is 5.75 Å². The second-order valence-corrected chi connectivity index (χ2v) is 7.31. The fourth-order valence-corrected chi connectivity index (χ4v) is 3.51. The van der Waals surface area contributed by atoms with E-state index in [1.54, 1.807) is 7.11 Å². The maximum absolute atomic E-state index is 12.8. The minimum atomic E-state index is -0.750. The average molecular weight is 333 g/mol. The Labute approximate surface area is 143 Å². The van der Waals surface area contributed by atoms with Gasteiger partial charge in [-0.15, -0.1) is 0 Å². The molecule has 1 aliphatic heterocycles. The van der Waals surface area contributed by atoms with Crippen LogP contribution in [0.15, 0.2) is 30.3 Å². The normalized spacial score (nSPS) is 27.8. The van der Waals surface area contributed by atoms with Gasteiger partial charge in [0.2, 0.25) is 0 Å². The topological polar surface area (TPSA) is 56.8 Å². The molecule has 1 heterocycles. The SMILES string of the molecule is COC1(C(=O)N[C@H]2C[C@@H](Oc3ccccc3)C2(C)C)CCOCC1. The Morgan fingerprint density at radius 1 is 1.21 bits per heavy atom. The van der Waals surface area contributed by atoms with Crippen molar-refractivity contribution in [3.63, 3.8) is 0 Å². The summed E-state index contributed by atoms with van der Waals surface area (Å²) in [6.07, 6.45) is 2.11. The molecule has 5 heteroatoms. The van der Waals surface area contributed by atoms with Gasteiger partial charge in [-0.2, -0.15) is 0 Å². The van der Waals surface area contributed by atoms with Gasteiger partial charge in [0.15, 0.2) is 5.60 Å². The van der Waals surface area contributed by atoms with Gasteiger partial charge in [-0.05, 0) is 12.1 Å². The molecule has 1 N–H and O–H groups in total. The minimum absolute atomic E-state index is 0.0236. The van der Waals surface area contributed by atoms with Crippen molar-refractivity contribution < 1.29 is 19.0 Å². The smallest absolute Gasteiger partial charge is 0.252 e. The van der Waals surface area contributed by atoms with Gasteiger partial charge in [-0.3, -0.25) is 4.79 Å². The van der Waals surface area contributed by atoms with Crippen LogP contribution in [-0.2, 0) is 14.3 Å². The van der Waals surface area contributed by atoms with E-state index in [-0.39, 0.29) is 23.5 Å². The molecule has 0 bridgehead atoms. The van der Waals surface area contributed by atoms with E-state index in [0.29, 0.717) is 26.1 Å².